The second kappa shape index (κ2) is 9.82. The first-order valence-electron chi connectivity index (χ1n) is 13.1. The quantitative estimate of drug-likeness (QED) is 0.541. The Hall–Kier alpha value is -1.57. The van der Waals surface area contributed by atoms with Crippen molar-refractivity contribution in [2.24, 2.45) is 0 Å². The number of rotatable bonds is 3. The highest BCUT2D eigenvalue weighted by atomic mass is 32.2. The van der Waals surface area contributed by atoms with Gasteiger partial charge in [0.15, 0.2) is 0 Å². The van der Waals surface area contributed by atoms with Crippen LogP contribution in [0.25, 0.3) is 10.9 Å². The van der Waals surface area contributed by atoms with E-state index in [1.807, 2.05) is 0 Å². The number of aromatic nitrogens is 1. The second-order valence-corrected chi connectivity index (χ2v) is 11.9. The van der Waals surface area contributed by atoms with Gasteiger partial charge < -0.3 is 19.1 Å². The molecule has 3 heterocycles. The van der Waals surface area contributed by atoms with Crippen LogP contribution in [0, 0.1) is 0 Å². The first kappa shape index (κ1) is 22.9. The van der Waals surface area contributed by atoms with Gasteiger partial charge in [-0.25, -0.2) is 0 Å². The molecule has 5 nitrogen and oxygen atoms in total. The van der Waals surface area contributed by atoms with Gasteiger partial charge in [0.05, 0.1) is 25.0 Å². The maximum absolute atomic E-state index is 13.4. The molecule has 1 amide bonds. The van der Waals surface area contributed by atoms with Crippen molar-refractivity contribution in [2.45, 2.75) is 69.9 Å². The predicted molar refractivity (Wildman–Crippen MR) is 143 cm³/mol. The summed E-state index contributed by atoms with van der Waals surface area (Å²) < 4.78 is 8.80. The highest BCUT2D eigenvalue weighted by Gasteiger charge is 2.37. The molecule has 2 aliphatic carbocycles. The summed E-state index contributed by atoms with van der Waals surface area (Å²) in [6, 6.07) is 7.50. The monoisotopic (exact) mass is 497 g/mol. The van der Waals surface area contributed by atoms with Crippen molar-refractivity contribution in [1.82, 2.24) is 14.4 Å². The van der Waals surface area contributed by atoms with Gasteiger partial charge in [-0.05, 0) is 61.3 Å². The minimum Gasteiger partial charge on any atom is -0.378 e. The van der Waals surface area contributed by atoms with Gasteiger partial charge in [0.2, 0.25) is 5.91 Å². The number of amides is 1. The van der Waals surface area contributed by atoms with E-state index in [0.29, 0.717) is 5.75 Å². The Labute approximate surface area is 212 Å². The summed E-state index contributed by atoms with van der Waals surface area (Å²) in [6.07, 6.45) is 10.2. The van der Waals surface area contributed by atoms with Crippen molar-refractivity contribution in [3.8, 4) is 0 Å². The average Bonchev–Trinajstić information content (AvgIpc) is 3.23. The fourth-order valence-electron chi connectivity index (χ4n) is 6.65. The minimum atomic E-state index is 0.216. The molecule has 0 radical (unpaired) electrons. The van der Waals surface area contributed by atoms with Gasteiger partial charge in [0.1, 0.15) is 4.32 Å². The summed E-state index contributed by atoms with van der Waals surface area (Å²) in [4.78, 5) is 17.7. The number of carbonyl (C=O) groups excluding carboxylic acids is 1. The molecule has 34 heavy (non-hydrogen) atoms. The molecule has 1 aromatic carbocycles. The zero-order valence-corrected chi connectivity index (χ0v) is 21.6. The van der Waals surface area contributed by atoms with E-state index >= 15 is 0 Å². The largest absolute Gasteiger partial charge is 0.378 e. The Morgan fingerprint density at radius 2 is 1.85 bits per heavy atom. The van der Waals surface area contributed by atoms with Crippen LogP contribution in [-0.2, 0) is 22.5 Å². The van der Waals surface area contributed by atoms with Crippen LogP contribution in [0.3, 0.4) is 0 Å². The third-order valence-corrected chi connectivity index (χ3v) is 9.89. The van der Waals surface area contributed by atoms with Crippen molar-refractivity contribution in [3.63, 3.8) is 0 Å². The van der Waals surface area contributed by atoms with Crippen molar-refractivity contribution in [1.29, 1.82) is 0 Å². The molecule has 2 aliphatic heterocycles. The highest BCUT2D eigenvalue weighted by molar-refractivity contribution is 8.23. The lowest BCUT2D eigenvalue weighted by Gasteiger charge is -2.40. The minimum absolute atomic E-state index is 0.216. The summed E-state index contributed by atoms with van der Waals surface area (Å²) in [5.41, 5.74) is 5.85. The number of thiocarbonyl (C=S) groups is 1. The summed E-state index contributed by atoms with van der Waals surface area (Å²) in [7, 11) is 0. The van der Waals surface area contributed by atoms with Crippen molar-refractivity contribution in [2.75, 3.05) is 38.6 Å². The number of hydrogen-bond acceptors (Lipinski definition) is 4. The summed E-state index contributed by atoms with van der Waals surface area (Å²) >= 11 is 7.14. The molecule has 1 aromatic heterocycles. The van der Waals surface area contributed by atoms with E-state index in [9.17, 15) is 4.79 Å². The fraction of sp³-hybridized carbons (Fsp3) is 0.630. The van der Waals surface area contributed by atoms with Gasteiger partial charge in [-0.3, -0.25) is 4.79 Å². The molecule has 1 atom stereocenters. The van der Waals surface area contributed by atoms with E-state index in [0.717, 1.165) is 68.9 Å². The molecule has 182 valence electrons. The normalized spacial score (nSPS) is 23.2. The number of carbonyl (C=O) groups is 1. The van der Waals surface area contributed by atoms with E-state index in [1.54, 1.807) is 0 Å². The molecular formula is C27H35N3O2S2. The van der Waals surface area contributed by atoms with E-state index in [-0.39, 0.29) is 11.9 Å². The number of hydrogen-bond donors (Lipinski definition) is 0. The molecule has 0 bridgehead atoms. The molecule has 6 rings (SSSR count). The van der Waals surface area contributed by atoms with Crippen LogP contribution in [0.5, 0.6) is 0 Å². The van der Waals surface area contributed by atoms with Gasteiger partial charge in [-0.1, -0.05) is 49.3 Å². The van der Waals surface area contributed by atoms with E-state index < -0.39 is 0 Å². The van der Waals surface area contributed by atoms with Crippen molar-refractivity contribution < 1.29 is 9.53 Å². The number of aryl methyl sites for hydroxylation is 1. The molecule has 0 N–H and O–H groups in total. The van der Waals surface area contributed by atoms with Gasteiger partial charge in [-0.2, -0.15) is 0 Å². The lowest BCUT2D eigenvalue weighted by molar-refractivity contribution is -0.132. The van der Waals surface area contributed by atoms with Crippen molar-refractivity contribution >= 4 is 45.1 Å². The lowest BCUT2D eigenvalue weighted by atomic mass is 9.83. The van der Waals surface area contributed by atoms with Gasteiger partial charge in [0, 0.05) is 42.8 Å². The Bertz CT molecular complexity index is 1090. The topological polar surface area (TPSA) is 37.7 Å². The first-order valence-corrected chi connectivity index (χ1v) is 14.5. The number of ether oxygens (including phenoxy) is 1. The van der Waals surface area contributed by atoms with Crippen LogP contribution in [0.15, 0.2) is 18.2 Å². The van der Waals surface area contributed by atoms with Crippen LogP contribution in [0.1, 0.15) is 73.7 Å². The average molecular weight is 498 g/mol. The molecule has 2 aromatic rings. The number of thioether (sulfide) groups is 1. The Morgan fingerprint density at radius 3 is 2.68 bits per heavy atom. The molecule has 4 aliphatic rings. The van der Waals surface area contributed by atoms with Crippen LogP contribution >= 0.6 is 24.0 Å². The third-order valence-electron chi connectivity index (χ3n) is 8.38. The smallest absolute Gasteiger partial charge is 0.233 e. The molecule has 1 saturated heterocycles. The van der Waals surface area contributed by atoms with Crippen LogP contribution in [0.4, 0.5) is 0 Å². The zero-order chi connectivity index (χ0) is 23.1. The van der Waals surface area contributed by atoms with Gasteiger partial charge in [-0.15, -0.1) is 0 Å². The highest BCUT2D eigenvalue weighted by Crippen LogP contribution is 2.44. The maximum Gasteiger partial charge on any atom is 0.233 e. The Morgan fingerprint density at radius 1 is 1.03 bits per heavy atom. The molecule has 1 saturated carbocycles. The SMILES string of the molecule is O=C(CSC(=S)N1CCOCC1)N1CCn2c3c(c4cc(C5CCCCC5)ccc42)CCCC31. The summed E-state index contributed by atoms with van der Waals surface area (Å²) in [5.74, 6) is 1.40. The number of morpholine rings is 1. The van der Waals surface area contributed by atoms with E-state index in [1.165, 1.54) is 71.6 Å². The second-order valence-electron chi connectivity index (χ2n) is 10.3. The Balaban J connectivity index is 1.22. The van der Waals surface area contributed by atoms with Crippen LogP contribution in [0.2, 0.25) is 0 Å². The summed E-state index contributed by atoms with van der Waals surface area (Å²) in [6.45, 7) is 4.80. The summed E-state index contributed by atoms with van der Waals surface area (Å²) in [5, 5.41) is 1.46. The van der Waals surface area contributed by atoms with Crippen LogP contribution < -0.4 is 0 Å². The number of nitrogens with zero attached hydrogens (tertiary/aromatic N) is 3. The van der Waals surface area contributed by atoms with Gasteiger partial charge >= 0.3 is 0 Å². The Kier molecular flexibility index (Phi) is 6.61. The number of fused-ring (bicyclic) bond motifs is 3. The maximum atomic E-state index is 13.4. The molecule has 7 heteroatoms. The molecule has 1 unspecified atom stereocenters. The number of benzene rings is 1. The molecule has 0 spiro atoms. The van der Waals surface area contributed by atoms with E-state index in [2.05, 4.69) is 32.6 Å². The first-order chi connectivity index (χ1) is 16.7. The van der Waals surface area contributed by atoms with E-state index in [4.69, 9.17) is 17.0 Å². The molecule has 2 fully saturated rings. The lowest BCUT2D eigenvalue weighted by Crippen LogP contribution is -2.44. The van der Waals surface area contributed by atoms with Gasteiger partial charge in [0.25, 0.3) is 0 Å². The predicted octanol–water partition coefficient (Wildman–Crippen LogP) is 5.26. The zero-order valence-electron chi connectivity index (χ0n) is 20.0. The van der Waals surface area contributed by atoms with Crippen LogP contribution in [-0.4, -0.2) is 63.2 Å². The fourth-order valence-corrected chi connectivity index (χ4v) is 7.79. The molecular weight excluding hydrogens is 462 g/mol. The standard InChI is InChI=1S/C27H35N3O2S2/c31-25(18-34-27(33)28-13-15-32-16-14-28)29-11-12-30-23-10-9-20(19-5-2-1-3-6-19)17-22(23)21-7-4-8-24(29)26(21)30/h9-10,17,19,24H,1-8,11-16,18H2. The van der Waals surface area contributed by atoms with Crippen molar-refractivity contribution in [3.05, 3.63) is 35.0 Å². The third kappa shape index (κ3) is 4.18.